The van der Waals surface area contributed by atoms with Crippen molar-refractivity contribution in [2.45, 2.75) is 18.8 Å². The number of aromatic nitrogens is 2. The van der Waals surface area contributed by atoms with Gasteiger partial charge >= 0.3 is 0 Å². The molecule has 1 saturated carbocycles. The smallest absolute Gasteiger partial charge is 0.137 e. The monoisotopic (exact) mass is 158 g/mol. The van der Waals surface area contributed by atoms with E-state index >= 15 is 0 Å². The second-order valence-electron chi connectivity index (χ2n) is 3.46. The summed E-state index contributed by atoms with van der Waals surface area (Å²) in [4.78, 5) is 7.44. The van der Waals surface area contributed by atoms with Crippen LogP contribution in [0.1, 0.15) is 24.3 Å². The minimum Gasteiger partial charge on any atom is -0.346 e. The van der Waals surface area contributed by atoms with Crippen molar-refractivity contribution in [1.82, 2.24) is 9.97 Å². The molecule has 1 aliphatic carbocycles. The van der Waals surface area contributed by atoms with Crippen molar-refractivity contribution in [2.24, 2.45) is 0 Å². The fraction of sp³-hybridized carbons (Fsp3) is 0.300. The molecule has 0 saturated heterocycles. The Morgan fingerprint density at radius 1 is 1.42 bits per heavy atom. The molecule has 1 fully saturated rings. The Balaban J connectivity index is 2.21. The molecule has 2 aromatic rings. The zero-order valence-electron chi connectivity index (χ0n) is 6.75. The lowest BCUT2D eigenvalue weighted by Crippen LogP contribution is -1.82. The highest BCUT2D eigenvalue weighted by molar-refractivity contribution is 5.75. The zero-order valence-corrected chi connectivity index (χ0v) is 6.75. The Bertz CT molecular complexity index is 412. The minimum atomic E-state index is 0.803. The van der Waals surface area contributed by atoms with Gasteiger partial charge in [0.2, 0.25) is 0 Å². The summed E-state index contributed by atoms with van der Waals surface area (Å²) in [5.74, 6) is 0.803. The van der Waals surface area contributed by atoms with Crippen molar-refractivity contribution in [3.8, 4) is 0 Å². The summed E-state index contributed by atoms with van der Waals surface area (Å²) in [7, 11) is 0. The van der Waals surface area contributed by atoms with Crippen LogP contribution in [0.3, 0.4) is 0 Å². The zero-order chi connectivity index (χ0) is 7.97. The summed E-state index contributed by atoms with van der Waals surface area (Å²) in [6, 6.07) is 4.32. The molecule has 3 rings (SSSR count). The molecule has 2 heterocycles. The van der Waals surface area contributed by atoms with Crippen molar-refractivity contribution in [2.75, 3.05) is 0 Å². The van der Waals surface area contributed by atoms with Gasteiger partial charge in [-0.1, -0.05) is 0 Å². The van der Waals surface area contributed by atoms with Gasteiger partial charge in [0.25, 0.3) is 0 Å². The number of H-pyrrole nitrogens is 1. The van der Waals surface area contributed by atoms with Crippen LogP contribution >= 0.6 is 0 Å². The van der Waals surface area contributed by atoms with E-state index in [-0.39, 0.29) is 0 Å². The van der Waals surface area contributed by atoms with E-state index in [0.29, 0.717) is 0 Å². The van der Waals surface area contributed by atoms with E-state index in [2.05, 4.69) is 22.1 Å². The molecule has 12 heavy (non-hydrogen) atoms. The molecule has 0 aromatic carbocycles. The average molecular weight is 158 g/mol. The normalized spacial score (nSPS) is 17.0. The standard InChI is InChI=1S/C10H10N2/c1-2-7(1)9-5-8-3-4-11-10(8)12-6-9/h3-7H,1-2H2,(H,11,12). The molecule has 0 spiro atoms. The average Bonchev–Trinajstić information content (AvgIpc) is 2.84. The van der Waals surface area contributed by atoms with Crippen LogP contribution in [0.4, 0.5) is 0 Å². The van der Waals surface area contributed by atoms with E-state index in [9.17, 15) is 0 Å². The highest BCUT2D eigenvalue weighted by atomic mass is 14.8. The summed E-state index contributed by atoms with van der Waals surface area (Å²) in [5.41, 5.74) is 2.40. The maximum atomic E-state index is 4.35. The quantitative estimate of drug-likeness (QED) is 0.678. The van der Waals surface area contributed by atoms with Crippen LogP contribution in [-0.4, -0.2) is 9.97 Å². The summed E-state index contributed by atoms with van der Waals surface area (Å²) in [6.07, 6.45) is 6.63. The van der Waals surface area contributed by atoms with Crippen LogP contribution in [0.2, 0.25) is 0 Å². The largest absolute Gasteiger partial charge is 0.346 e. The molecule has 0 radical (unpaired) electrons. The molecule has 2 aromatic heterocycles. The Morgan fingerprint density at radius 2 is 2.33 bits per heavy atom. The topological polar surface area (TPSA) is 28.7 Å². The van der Waals surface area contributed by atoms with Gasteiger partial charge in [-0.05, 0) is 36.5 Å². The van der Waals surface area contributed by atoms with Crippen molar-refractivity contribution < 1.29 is 0 Å². The lowest BCUT2D eigenvalue weighted by atomic mass is 10.1. The maximum absolute atomic E-state index is 4.35. The second-order valence-corrected chi connectivity index (χ2v) is 3.46. The molecule has 0 unspecified atom stereocenters. The maximum Gasteiger partial charge on any atom is 0.137 e. The lowest BCUT2D eigenvalue weighted by molar-refractivity contribution is 1.11. The highest BCUT2D eigenvalue weighted by Crippen LogP contribution is 2.40. The van der Waals surface area contributed by atoms with Crippen molar-refractivity contribution in [1.29, 1.82) is 0 Å². The molecule has 2 heteroatoms. The summed E-state index contributed by atoms with van der Waals surface area (Å²) in [5, 5.41) is 1.24. The number of rotatable bonds is 1. The summed E-state index contributed by atoms with van der Waals surface area (Å²) in [6.45, 7) is 0. The van der Waals surface area contributed by atoms with Crippen LogP contribution in [0, 0.1) is 0 Å². The van der Waals surface area contributed by atoms with Gasteiger partial charge in [-0.3, -0.25) is 0 Å². The Labute approximate surface area is 70.6 Å². The molecule has 1 N–H and O–H groups in total. The number of aromatic amines is 1. The van der Waals surface area contributed by atoms with Gasteiger partial charge in [0, 0.05) is 17.8 Å². The third-order valence-corrected chi connectivity index (χ3v) is 2.47. The summed E-state index contributed by atoms with van der Waals surface area (Å²) >= 11 is 0. The van der Waals surface area contributed by atoms with Crippen LogP contribution in [0.25, 0.3) is 11.0 Å². The van der Waals surface area contributed by atoms with Gasteiger partial charge < -0.3 is 4.98 Å². The molecular formula is C10H10N2. The van der Waals surface area contributed by atoms with Gasteiger partial charge in [0.1, 0.15) is 5.65 Å². The molecule has 60 valence electrons. The van der Waals surface area contributed by atoms with E-state index < -0.39 is 0 Å². The molecule has 1 aliphatic rings. The molecule has 0 aliphatic heterocycles. The first-order valence-corrected chi connectivity index (χ1v) is 4.36. The Hall–Kier alpha value is -1.31. The highest BCUT2D eigenvalue weighted by Gasteiger charge is 2.23. The predicted octanol–water partition coefficient (Wildman–Crippen LogP) is 2.44. The number of nitrogens with one attached hydrogen (secondary N) is 1. The molecule has 2 nitrogen and oxygen atoms in total. The van der Waals surface area contributed by atoms with Crippen molar-refractivity contribution in [3.63, 3.8) is 0 Å². The SMILES string of the molecule is c1cc2cc(C3CC3)cnc2[nH]1. The molecule has 0 amide bonds. The molecule has 0 atom stereocenters. The summed E-state index contributed by atoms with van der Waals surface area (Å²) < 4.78 is 0. The van der Waals surface area contributed by atoms with Crippen molar-refractivity contribution in [3.05, 3.63) is 30.1 Å². The predicted molar refractivity (Wildman–Crippen MR) is 48.1 cm³/mol. The number of hydrogen-bond acceptors (Lipinski definition) is 1. The third kappa shape index (κ3) is 0.843. The van der Waals surface area contributed by atoms with E-state index in [1.807, 2.05) is 12.4 Å². The lowest BCUT2D eigenvalue weighted by Gasteiger charge is -1.95. The van der Waals surface area contributed by atoms with Crippen LogP contribution in [-0.2, 0) is 0 Å². The van der Waals surface area contributed by atoms with E-state index in [0.717, 1.165) is 11.6 Å². The van der Waals surface area contributed by atoms with Gasteiger partial charge in [-0.2, -0.15) is 0 Å². The van der Waals surface area contributed by atoms with E-state index in [1.54, 1.807) is 0 Å². The number of hydrogen-bond donors (Lipinski definition) is 1. The van der Waals surface area contributed by atoms with Crippen molar-refractivity contribution >= 4 is 11.0 Å². The van der Waals surface area contributed by atoms with Gasteiger partial charge in [0.05, 0.1) is 0 Å². The fourth-order valence-electron chi connectivity index (χ4n) is 1.60. The minimum absolute atomic E-state index is 0.803. The second kappa shape index (κ2) is 2.09. The van der Waals surface area contributed by atoms with Gasteiger partial charge in [0.15, 0.2) is 0 Å². The first-order valence-electron chi connectivity index (χ1n) is 4.36. The van der Waals surface area contributed by atoms with E-state index in [4.69, 9.17) is 0 Å². The van der Waals surface area contributed by atoms with Gasteiger partial charge in [-0.25, -0.2) is 4.98 Å². The fourth-order valence-corrected chi connectivity index (χ4v) is 1.60. The molecule has 0 bridgehead atoms. The van der Waals surface area contributed by atoms with Crippen LogP contribution in [0.15, 0.2) is 24.5 Å². The van der Waals surface area contributed by atoms with E-state index in [1.165, 1.54) is 23.8 Å². The Morgan fingerprint density at radius 3 is 3.17 bits per heavy atom. The number of nitrogens with zero attached hydrogens (tertiary/aromatic N) is 1. The van der Waals surface area contributed by atoms with Crippen LogP contribution in [0.5, 0.6) is 0 Å². The number of fused-ring (bicyclic) bond motifs is 1. The Kier molecular flexibility index (Phi) is 1.09. The first-order chi connectivity index (χ1) is 5.93. The third-order valence-electron chi connectivity index (χ3n) is 2.47. The van der Waals surface area contributed by atoms with Crippen LogP contribution < -0.4 is 0 Å². The molecular weight excluding hydrogens is 148 g/mol. The number of pyridine rings is 1. The first kappa shape index (κ1) is 6.23. The van der Waals surface area contributed by atoms with Gasteiger partial charge in [-0.15, -0.1) is 0 Å².